The van der Waals surface area contributed by atoms with Crippen molar-refractivity contribution in [3.05, 3.63) is 47.7 Å². The summed E-state index contributed by atoms with van der Waals surface area (Å²) in [7, 11) is 1.66. The highest BCUT2D eigenvalue weighted by Gasteiger charge is 2.47. The van der Waals surface area contributed by atoms with Gasteiger partial charge in [0.05, 0.1) is 18.8 Å². The normalized spacial score (nSPS) is 29.7. The first kappa shape index (κ1) is 20.0. The average Bonchev–Trinajstić information content (AvgIpc) is 3.33. The highest BCUT2D eigenvalue weighted by molar-refractivity contribution is 5.94. The van der Waals surface area contributed by atoms with Gasteiger partial charge >= 0.3 is 0 Å². The third-order valence-corrected chi connectivity index (χ3v) is 8.11. The van der Waals surface area contributed by atoms with Gasteiger partial charge in [-0.3, -0.25) is 14.8 Å². The Bertz CT molecular complexity index is 1040. The third-order valence-electron chi connectivity index (χ3n) is 8.11. The molecule has 0 saturated carbocycles. The van der Waals surface area contributed by atoms with Crippen molar-refractivity contribution < 1.29 is 9.53 Å². The molecule has 4 heterocycles. The van der Waals surface area contributed by atoms with Crippen LogP contribution >= 0.6 is 0 Å². The predicted molar refractivity (Wildman–Crippen MR) is 124 cm³/mol. The number of aromatic nitrogens is 2. The van der Waals surface area contributed by atoms with Crippen molar-refractivity contribution in [2.45, 2.75) is 50.6 Å². The van der Waals surface area contributed by atoms with Gasteiger partial charge in [0.1, 0.15) is 11.4 Å². The number of carbonyl (C=O) groups is 1. The van der Waals surface area contributed by atoms with Gasteiger partial charge < -0.3 is 9.64 Å². The Morgan fingerprint density at radius 2 is 2.09 bits per heavy atom. The van der Waals surface area contributed by atoms with Crippen LogP contribution in [0.15, 0.2) is 42.0 Å². The molecule has 4 atom stereocenters. The number of aromatic amines is 1. The first-order chi connectivity index (χ1) is 15.7. The second kappa shape index (κ2) is 8.07. The quantitative estimate of drug-likeness (QED) is 0.741. The minimum Gasteiger partial charge on any atom is -0.496 e. The number of H-pyrrole nitrogens is 1. The van der Waals surface area contributed by atoms with Crippen molar-refractivity contribution in [3.8, 4) is 17.0 Å². The SMILES string of the molecule is COc1ccccc1-c1cc(C(=O)N2CCCC3=C[C@H]4C[C@@H](CN5CCCC[C@@H]45)[C@H]32)[nH]n1. The largest absolute Gasteiger partial charge is 0.496 e. The van der Waals surface area contributed by atoms with Crippen molar-refractivity contribution in [2.24, 2.45) is 11.8 Å². The second-order valence-electron chi connectivity index (χ2n) is 9.87. The van der Waals surface area contributed by atoms with Crippen LogP contribution in [-0.2, 0) is 0 Å². The minimum atomic E-state index is 0.0773. The molecular weight excluding hydrogens is 400 g/mol. The summed E-state index contributed by atoms with van der Waals surface area (Å²) in [6.45, 7) is 3.20. The van der Waals surface area contributed by atoms with E-state index in [1.807, 2.05) is 30.3 Å². The fourth-order valence-corrected chi connectivity index (χ4v) is 6.78. The molecule has 168 valence electrons. The maximum Gasteiger partial charge on any atom is 0.272 e. The first-order valence-electron chi connectivity index (χ1n) is 12.2. The van der Waals surface area contributed by atoms with E-state index in [0.717, 1.165) is 49.0 Å². The van der Waals surface area contributed by atoms with Crippen LogP contribution in [0.4, 0.5) is 0 Å². The Labute approximate surface area is 189 Å². The smallest absolute Gasteiger partial charge is 0.272 e. The molecule has 3 saturated heterocycles. The second-order valence-corrected chi connectivity index (χ2v) is 9.87. The van der Waals surface area contributed by atoms with E-state index in [1.165, 1.54) is 37.8 Å². The zero-order valence-electron chi connectivity index (χ0n) is 18.8. The molecule has 3 fully saturated rings. The molecule has 0 unspecified atom stereocenters. The van der Waals surface area contributed by atoms with Gasteiger partial charge in [-0.1, -0.05) is 30.2 Å². The van der Waals surface area contributed by atoms with E-state index in [1.54, 1.807) is 7.11 Å². The highest BCUT2D eigenvalue weighted by atomic mass is 16.5. The van der Waals surface area contributed by atoms with Crippen LogP contribution in [0, 0.1) is 11.8 Å². The van der Waals surface area contributed by atoms with Crippen LogP contribution in [0.5, 0.6) is 5.75 Å². The van der Waals surface area contributed by atoms with E-state index in [0.29, 0.717) is 17.5 Å². The molecule has 2 bridgehead atoms. The molecule has 1 aromatic carbocycles. The number of hydrogen-bond acceptors (Lipinski definition) is 4. The number of nitrogens with zero attached hydrogens (tertiary/aromatic N) is 3. The van der Waals surface area contributed by atoms with E-state index in [2.05, 4.69) is 26.1 Å². The highest BCUT2D eigenvalue weighted by Crippen LogP contribution is 2.45. The van der Waals surface area contributed by atoms with Crippen LogP contribution in [-0.4, -0.2) is 64.7 Å². The van der Waals surface area contributed by atoms with Gasteiger partial charge in [0.15, 0.2) is 0 Å². The molecule has 1 aliphatic carbocycles. The van der Waals surface area contributed by atoms with Crippen molar-refractivity contribution in [1.82, 2.24) is 20.0 Å². The van der Waals surface area contributed by atoms with Gasteiger partial charge in [-0.15, -0.1) is 0 Å². The monoisotopic (exact) mass is 432 g/mol. The number of para-hydroxylation sites is 1. The molecule has 0 radical (unpaired) electrons. The third kappa shape index (κ3) is 3.27. The fourth-order valence-electron chi connectivity index (χ4n) is 6.78. The van der Waals surface area contributed by atoms with Gasteiger partial charge in [0.25, 0.3) is 5.91 Å². The summed E-state index contributed by atoms with van der Waals surface area (Å²) < 4.78 is 5.48. The molecule has 1 aromatic heterocycles. The van der Waals surface area contributed by atoms with Gasteiger partial charge in [-0.25, -0.2) is 0 Å². The molecule has 32 heavy (non-hydrogen) atoms. The Kier molecular flexibility index (Phi) is 5.05. The van der Waals surface area contributed by atoms with Crippen molar-refractivity contribution in [2.75, 3.05) is 26.7 Å². The van der Waals surface area contributed by atoms with Gasteiger partial charge in [0.2, 0.25) is 0 Å². The lowest BCUT2D eigenvalue weighted by molar-refractivity contribution is 0.00131. The average molecular weight is 433 g/mol. The lowest BCUT2D eigenvalue weighted by Gasteiger charge is -2.54. The molecule has 4 aliphatic rings. The minimum absolute atomic E-state index is 0.0773. The Balaban J connectivity index is 1.28. The number of hydrogen-bond donors (Lipinski definition) is 1. The number of amides is 1. The Morgan fingerprint density at radius 3 is 3.00 bits per heavy atom. The summed E-state index contributed by atoms with van der Waals surface area (Å²) in [4.78, 5) is 18.5. The fraction of sp³-hybridized carbons (Fsp3) is 0.538. The van der Waals surface area contributed by atoms with Gasteiger partial charge in [0, 0.05) is 24.7 Å². The van der Waals surface area contributed by atoms with Crippen LogP contribution in [0.1, 0.15) is 49.0 Å². The van der Waals surface area contributed by atoms with E-state index in [4.69, 9.17) is 4.74 Å². The van der Waals surface area contributed by atoms with Gasteiger partial charge in [-0.05, 0) is 68.7 Å². The van der Waals surface area contributed by atoms with Crippen LogP contribution in [0.2, 0.25) is 0 Å². The maximum atomic E-state index is 13.7. The molecule has 0 spiro atoms. The zero-order valence-corrected chi connectivity index (χ0v) is 18.8. The number of methoxy groups -OCH3 is 1. The summed E-state index contributed by atoms with van der Waals surface area (Å²) in [6, 6.07) is 10.7. The Morgan fingerprint density at radius 1 is 1.19 bits per heavy atom. The van der Waals surface area contributed by atoms with Crippen molar-refractivity contribution in [1.29, 1.82) is 0 Å². The molecule has 1 amide bonds. The number of ether oxygens (including phenoxy) is 1. The van der Waals surface area contributed by atoms with E-state index < -0.39 is 0 Å². The van der Waals surface area contributed by atoms with E-state index >= 15 is 0 Å². The number of piperidine rings is 3. The number of carbonyl (C=O) groups excluding carboxylic acids is 1. The lowest BCUT2D eigenvalue weighted by atomic mass is 9.68. The summed E-state index contributed by atoms with van der Waals surface area (Å²) in [5, 5.41) is 7.48. The standard InChI is InChI=1S/C26H32N4O2/c1-32-24-10-3-2-8-20(24)21-15-22(28-27-21)26(31)30-12-6-7-17-13-18-14-19(25(17)30)16-29-11-5-4-9-23(18)29/h2-3,8,10,13,15,18-19,23,25H,4-7,9,11-12,14,16H2,1H3,(H,27,28)/t18-,19-,23-,25-/m0/s1. The zero-order chi connectivity index (χ0) is 21.7. The molecule has 1 N–H and O–H groups in total. The molecule has 6 heteroatoms. The summed E-state index contributed by atoms with van der Waals surface area (Å²) >= 11 is 0. The molecule has 6 rings (SSSR count). The predicted octanol–water partition coefficient (Wildman–Crippen LogP) is 4.12. The summed E-state index contributed by atoms with van der Waals surface area (Å²) in [5.41, 5.74) is 3.73. The van der Waals surface area contributed by atoms with Crippen LogP contribution in [0.3, 0.4) is 0 Å². The van der Waals surface area contributed by atoms with Crippen LogP contribution in [0.25, 0.3) is 11.3 Å². The maximum absolute atomic E-state index is 13.7. The summed E-state index contributed by atoms with van der Waals surface area (Å²) in [6.07, 6.45) is 10.0. The lowest BCUT2D eigenvalue weighted by Crippen LogP contribution is -2.60. The number of rotatable bonds is 3. The molecule has 6 nitrogen and oxygen atoms in total. The molecule has 2 aromatic rings. The number of benzene rings is 1. The van der Waals surface area contributed by atoms with Crippen LogP contribution < -0.4 is 4.74 Å². The van der Waals surface area contributed by atoms with Crippen molar-refractivity contribution in [3.63, 3.8) is 0 Å². The Hall–Kier alpha value is -2.60. The van der Waals surface area contributed by atoms with Gasteiger partial charge in [-0.2, -0.15) is 5.10 Å². The van der Waals surface area contributed by atoms with E-state index in [-0.39, 0.29) is 11.9 Å². The topological polar surface area (TPSA) is 61.5 Å². The first-order valence-corrected chi connectivity index (χ1v) is 12.2. The van der Waals surface area contributed by atoms with Crippen molar-refractivity contribution >= 4 is 5.91 Å². The molecule has 3 aliphatic heterocycles. The summed E-state index contributed by atoms with van der Waals surface area (Å²) in [5.74, 6) is 2.07. The number of likely N-dealkylation sites (tertiary alicyclic amines) is 1. The number of nitrogens with one attached hydrogen (secondary N) is 1. The van der Waals surface area contributed by atoms with E-state index in [9.17, 15) is 4.79 Å². The molecular formula is C26H32N4O2. The number of fused-ring (bicyclic) bond motifs is 6.